The lowest BCUT2D eigenvalue weighted by Gasteiger charge is -2.07. The summed E-state index contributed by atoms with van der Waals surface area (Å²) in [6.45, 7) is 0. The minimum absolute atomic E-state index is 0.170. The first-order valence-corrected chi connectivity index (χ1v) is 9.35. The van der Waals surface area contributed by atoms with Crippen LogP contribution in [0, 0.1) is 5.82 Å². The van der Waals surface area contributed by atoms with Crippen LogP contribution in [0.1, 0.15) is 10.5 Å². The van der Waals surface area contributed by atoms with Crippen LogP contribution in [0.5, 0.6) is 0 Å². The number of hydrogen-bond donors (Lipinski definition) is 1. The highest BCUT2D eigenvalue weighted by atomic mass is 19.1. The summed E-state index contributed by atoms with van der Waals surface area (Å²) in [6, 6.07) is 23.1. The molecular weight excluding hydrogens is 381 g/mol. The average molecular weight is 397 g/mol. The van der Waals surface area contributed by atoms with Gasteiger partial charge in [0.15, 0.2) is 5.69 Å². The number of carbonyl (C=O) groups excluding carboxylic acids is 1. The normalized spacial score (nSPS) is 11.0. The molecule has 0 bridgehead atoms. The molecule has 0 radical (unpaired) electrons. The zero-order valence-corrected chi connectivity index (χ0v) is 15.7. The van der Waals surface area contributed by atoms with E-state index >= 15 is 0 Å². The third-order valence-corrected chi connectivity index (χ3v) is 4.73. The topological polar surface area (TPSA) is 64.2 Å². The van der Waals surface area contributed by atoms with Crippen molar-refractivity contribution in [2.45, 2.75) is 0 Å². The number of carbonyl (C=O) groups is 1. The fraction of sp³-hybridized carbons (Fsp3) is 0. The van der Waals surface area contributed by atoms with Gasteiger partial charge in [-0.1, -0.05) is 48.5 Å². The van der Waals surface area contributed by atoms with E-state index < -0.39 is 11.7 Å². The van der Waals surface area contributed by atoms with Crippen molar-refractivity contribution in [1.29, 1.82) is 0 Å². The van der Waals surface area contributed by atoms with E-state index in [4.69, 9.17) is 0 Å². The second-order valence-corrected chi connectivity index (χ2v) is 6.65. The molecule has 3 aromatic heterocycles. The smallest absolute Gasteiger partial charge is 0.277 e. The molecule has 0 aliphatic rings. The third kappa shape index (κ3) is 3.12. The lowest BCUT2D eigenvalue weighted by molar-refractivity contribution is 0.102. The average Bonchev–Trinajstić information content (AvgIpc) is 3.41. The molecule has 30 heavy (non-hydrogen) atoms. The summed E-state index contributed by atoms with van der Waals surface area (Å²) in [7, 11) is 0. The van der Waals surface area contributed by atoms with E-state index in [0.29, 0.717) is 17.2 Å². The fourth-order valence-corrected chi connectivity index (χ4v) is 3.30. The number of fused-ring (bicyclic) bond motifs is 1. The second-order valence-electron chi connectivity index (χ2n) is 6.65. The number of benzene rings is 2. The van der Waals surface area contributed by atoms with E-state index in [1.165, 1.54) is 10.7 Å². The van der Waals surface area contributed by atoms with Gasteiger partial charge in [-0.05, 0) is 30.3 Å². The monoisotopic (exact) mass is 397 g/mol. The molecule has 5 rings (SSSR count). The van der Waals surface area contributed by atoms with Crippen LogP contribution in [0.15, 0.2) is 91.3 Å². The fourth-order valence-electron chi connectivity index (χ4n) is 3.30. The molecule has 0 spiro atoms. The lowest BCUT2D eigenvalue weighted by atomic mass is 10.1. The Kier molecular flexibility index (Phi) is 4.33. The van der Waals surface area contributed by atoms with Crippen molar-refractivity contribution < 1.29 is 9.18 Å². The number of rotatable bonds is 4. The number of halogens is 1. The van der Waals surface area contributed by atoms with Gasteiger partial charge >= 0.3 is 0 Å². The zero-order valence-electron chi connectivity index (χ0n) is 15.7. The van der Waals surface area contributed by atoms with Crippen molar-refractivity contribution in [3.63, 3.8) is 0 Å². The molecular formula is C23H16FN5O. The Morgan fingerprint density at radius 3 is 2.47 bits per heavy atom. The molecule has 0 aliphatic heterocycles. The maximum Gasteiger partial charge on any atom is 0.277 e. The minimum atomic E-state index is -0.416. The number of para-hydroxylation sites is 1. The van der Waals surface area contributed by atoms with Crippen LogP contribution in [-0.2, 0) is 0 Å². The van der Waals surface area contributed by atoms with Crippen molar-refractivity contribution in [2.24, 2.45) is 0 Å². The van der Waals surface area contributed by atoms with Gasteiger partial charge in [-0.25, -0.2) is 14.1 Å². The molecule has 0 saturated heterocycles. The molecule has 3 heterocycles. The van der Waals surface area contributed by atoms with Crippen LogP contribution in [0.2, 0.25) is 0 Å². The van der Waals surface area contributed by atoms with Crippen LogP contribution in [-0.4, -0.2) is 25.1 Å². The van der Waals surface area contributed by atoms with Gasteiger partial charge in [0, 0.05) is 18.0 Å². The Labute approximate surface area is 171 Å². The van der Waals surface area contributed by atoms with Gasteiger partial charge in [0.1, 0.15) is 28.7 Å². The Hall–Kier alpha value is -4.26. The lowest BCUT2D eigenvalue weighted by Crippen LogP contribution is -2.15. The molecule has 5 aromatic rings. The van der Waals surface area contributed by atoms with Gasteiger partial charge in [-0.15, -0.1) is 0 Å². The number of pyridine rings is 1. The molecule has 1 amide bonds. The second kappa shape index (κ2) is 7.29. The van der Waals surface area contributed by atoms with E-state index in [1.807, 2.05) is 59.1 Å². The highest BCUT2D eigenvalue weighted by Gasteiger charge is 2.19. The van der Waals surface area contributed by atoms with Crippen molar-refractivity contribution in [3.05, 3.63) is 103 Å². The van der Waals surface area contributed by atoms with Gasteiger partial charge in [-0.3, -0.25) is 9.20 Å². The Balaban J connectivity index is 1.52. The maximum atomic E-state index is 14.0. The van der Waals surface area contributed by atoms with E-state index in [9.17, 15) is 9.18 Å². The number of amides is 1. The zero-order chi connectivity index (χ0) is 20.5. The highest BCUT2D eigenvalue weighted by molar-refractivity contribution is 6.04. The molecule has 0 unspecified atom stereocenters. The molecule has 1 N–H and O–H groups in total. The van der Waals surface area contributed by atoms with Crippen LogP contribution < -0.4 is 5.32 Å². The van der Waals surface area contributed by atoms with Crippen molar-refractivity contribution in [1.82, 2.24) is 19.2 Å². The van der Waals surface area contributed by atoms with E-state index in [1.54, 1.807) is 30.5 Å². The summed E-state index contributed by atoms with van der Waals surface area (Å²) in [5.74, 6) is -0.282. The molecule has 6 nitrogen and oxygen atoms in total. The minimum Gasteiger partial charge on any atom is -0.304 e. The van der Waals surface area contributed by atoms with E-state index in [0.717, 1.165) is 5.56 Å². The summed E-state index contributed by atoms with van der Waals surface area (Å²) < 4.78 is 17.2. The van der Waals surface area contributed by atoms with Gasteiger partial charge in [0.05, 0.1) is 0 Å². The molecule has 0 saturated carbocycles. The SMILES string of the molecule is O=C(Nc1c(-c2ccccc2)nc2ccccn12)c1ccn(-c2ccccc2F)n1. The summed E-state index contributed by atoms with van der Waals surface area (Å²) in [6.07, 6.45) is 3.39. The van der Waals surface area contributed by atoms with Crippen LogP contribution in [0.25, 0.3) is 22.6 Å². The molecule has 0 atom stereocenters. The Bertz CT molecular complexity index is 1360. The first-order valence-electron chi connectivity index (χ1n) is 9.35. The van der Waals surface area contributed by atoms with Gasteiger partial charge in [0.25, 0.3) is 5.91 Å². The van der Waals surface area contributed by atoms with Crippen molar-refractivity contribution in [2.75, 3.05) is 5.32 Å². The van der Waals surface area contributed by atoms with Crippen molar-refractivity contribution in [3.8, 4) is 16.9 Å². The standard InChI is InChI=1S/C23H16FN5O/c24-17-10-4-5-11-19(17)29-15-13-18(27-29)23(30)26-22-21(16-8-2-1-3-9-16)25-20-12-6-7-14-28(20)22/h1-15H,(H,26,30). The number of nitrogens with zero attached hydrogens (tertiary/aromatic N) is 4. The Morgan fingerprint density at radius 2 is 1.63 bits per heavy atom. The number of anilines is 1. The van der Waals surface area contributed by atoms with Gasteiger partial charge in [0.2, 0.25) is 0 Å². The number of aromatic nitrogens is 4. The number of imidazole rings is 1. The predicted octanol–water partition coefficient (Wildman–Crippen LogP) is 4.58. The van der Waals surface area contributed by atoms with Crippen LogP contribution in [0.4, 0.5) is 10.2 Å². The first-order chi connectivity index (χ1) is 14.7. The maximum absolute atomic E-state index is 14.0. The molecule has 0 fully saturated rings. The van der Waals surface area contributed by atoms with Crippen molar-refractivity contribution >= 4 is 17.4 Å². The molecule has 7 heteroatoms. The molecule has 146 valence electrons. The third-order valence-electron chi connectivity index (χ3n) is 4.73. The summed E-state index contributed by atoms with van der Waals surface area (Å²) >= 11 is 0. The quantitative estimate of drug-likeness (QED) is 0.483. The summed E-state index contributed by atoms with van der Waals surface area (Å²) in [5.41, 5.74) is 2.69. The molecule has 2 aromatic carbocycles. The first kappa shape index (κ1) is 17.8. The summed E-state index contributed by atoms with van der Waals surface area (Å²) in [5, 5.41) is 7.16. The van der Waals surface area contributed by atoms with Crippen LogP contribution in [0.3, 0.4) is 0 Å². The van der Waals surface area contributed by atoms with Gasteiger partial charge in [-0.2, -0.15) is 5.10 Å². The summed E-state index contributed by atoms with van der Waals surface area (Å²) in [4.78, 5) is 17.6. The van der Waals surface area contributed by atoms with E-state index in [2.05, 4.69) is 15.4 Å². The van der Waals surface area contributed by atoms with Crippen LogP contribution >= 0.6 is 0 Å². The number of hydrogen-bond acceptors (Lipinski definition) is 3. The van der Waals surface area contributed by atoms with Gasteiger partial charge < -0.3 is 5.32 Å². The molecule has 0 aliphatic carbocycles. The number of nitrogens with one attached hydrogen (secondary N) is 1. The van der Waals surface area contributed by atoms with E-state index in [-0.39, 0.29) is 11.4 Å². The predicted molar refractivity (Wildman–Crippen MR) is 112 cm³/mol. The highest BCUT2D eigenvalue weighted by Crippen LogP contribution is 2.29. The largest absolute Gasteiger partial charge is 0.304 e. The Morgan fingerprint density at radius 1 is 0.867 bits per heavy atom.